The van der Waals surface area contributed by atoms with E-state index in [0.717, 1.165) is 21.4 Å². The van der Waals surface area contributed by atoms with Crippen LogP contribution in [0.5, 0.6) is 0 Å². The highest BCUT2D eigenvalue weighted by atomic mass is 32.1. The summed E-state index contributed by atoms with van der Waals surface area (Å²) in [6.07, 6.45) is 7.23. The Morgan fingerprint density at radius 1 is 0.650 bits per heavy atom. The maximum Gasteiger partial charge on any atom is 0.147 e. The normalized spacial score (nSPS) is 11.0. The summed E-state index contributed by atoms with van der Waals surface area (Å²) in [6, 6.07) is 8.48. The van der Waals surface area contributed by atoms with Crippen LogP contribution in [0.2, 0.25) is 0 Å². The van der Waals surface area contributed by atoms with Crippen molar-refractivity contribution in [1.29, 1.82) is 0 Å². The summed E-state index contributed by atoms with van der Waals surface area (Å²) < 4.78 is 0. The molecule has 0 amide bonds. The Hall–Kier alpha value is -2.18. The molecule has 0 fully saturated rings. The monoisotopic (exact) mass is 298 g/mol. The molecule has 0 unspecified atom stereocenters. The second-order valence-corrected chi connectivity index (χ2v) is 6.37. The van der Waals surface area contributed by atoms with Gasteiger partial charge in [-0.2, -0.15) is 0 Å². The van der Waals surface area contributed by atoms with Crippen molar-refractivity contribution in [2.24, 2.45) is 0 Å². The van der Waals surface area contributed by atoms with E-state index < -0.39 is 0 Å². The van der Waals surface area contributed by atoms with Crippen molar-refractivity contribution in [3.05, 3.63) is 49.1 Å². The maximum atomic E-state index is 4.28. The van der Waals surface area contributed by atoms with E-state index in [9.17, 15) is 0 Å². The number of thiophene rings is 2. The molecule has 4 nitrogen and oxygen atoms in total. The number of nitrogens with zero attached hydrogens (tertiary/aromatic N) is 2. The van der Waals surface area contributed by atoms with Gasteiger partial charge in [-0.05, 0) is 24.3 Å². The van der Waals surface area contributed by atoms with Crippen molar-refractivity contribution in [2.75, 3.05) is 0 Å². The molecule has 4 aromatic rings. The fraction of sp³-hybridized carbons (Fsp3) is 0. The largest absolute Gasteiger partial charge is 0.344 e. The summed E-state index contributed by atoms with van der Waals surface area (Å²) in [7, 11) is 0. The highest BCUT2D eigenvalue weighted by molar-refractivity contribution is 7.25. The van der Waals surface area contributed by atoms with E-state index in [4.69, 9.17) is 0 Å². The van der Waals surface area contributed by atoms with Gasteiger partial charge in [0, 0.05) is 34.5 Å². The number of H-pyrrole nitrogens is 2. The molecule has 0 radical (unpaired) electrons. The van der Waals surface area contributed by atoms with Crippen LogP contribution in [-0.4, -0.2) is 19.9 Å². The lowest BCUT2D eigenvalue weighted by atomic mass is 10.3. The molecule has 20 heavy (non-hydrogen) atoms. The van der Waals surface area contributed by atoms with Crippen molar-refractivity contribution in [3.8, 4) is 31.2 Å². The van der Waals surface area contributed by atoms with Gasteiger partial charge in [0.05, 0.1) is 9.75 Å². The van der Waals surface area contributed by atoms with Crippen LogP contribution >= 0.6 is 22.7 Å². The molecule has 0 aliphatic heterocycles. The first-order chi connectivity index (χ1) is 9.90. The Bertz CT molecular complexity index is 739. The van der Waals surface area contributed by atoms with Crippen molar-refractivity contribution in [2.45, 2.75) is 0 Å². The summed E-state index contributed by atoms with van der Waals surface area (Å²) in [5, 5.41) is 0. The molecular weight excluding hydrogens is 288 g/mol. The lowest BCUT2D eigenvalue weighted by Gasteiger charge is -1.91. The molecule has 0 aliphatic carbocycles. The topological polar surface area (TPSA) is 57.4 Å². The third-order valence-corrected chi connectivity index (χ3v) is 5.30. The Balaban J connectivity index is 1.68. The molecule has 0 aromatic carbocycles. The van der Waals surface area contributed by atoms with Crippen LogP contribution in [0, 0.1) is 0 Å². The standard InChI is InChI=1S/C14H10N4S2/c1-3-11(13-15-5-6-16-13)19-9(1)10-2-4-12(20-10)14-17-7-8-18-14/h1-8H,(H,15,16)(H,17,18). The average molecular weight is 298 g/mol. The third kappa shape index (κ3) is 1.99. The molecule has 98 valence electrons. The van der Waals surface area contributed by atoms with Crippen molar-refractivity contribution in [3.63, 3.8) is 0 Å². The van der Waals surface area contributed by atoms with Gasteiger partial charge >= 0.3 is 0 Å². The van der Waals surface area contributed by atoms with Crippen molar-refractivity contribution >= 4 is 22.7 Å². The molecule has 6 heteroatoms. The molecule has 4 heterocycles. The van der Waals surface area contributed by atoms with Crippen molar-refractivity contribution < 1.29 is 0 Å². The van der Waals surface area contributed by atoms with Crippen LogP contribution in [-0.2, 0) is 0 Å². The van der Waals surface area contributed by atoms with E-state index in [-0.39, 0.29) is 0 Å². The minimum absolute atomic E-state index is 0.920. The van der Waals surface area contributed by atoms with Gasteiger partial charge in [0.25, 0.3) is 0 Å². The Morgan fingerprint density at radius 2 is 1.10 bits per heavy atom. The van der Waals surface area contributed by atoms with E-state index in [2.05, 4.69) is 44.2 Å². The molecule has 0 saturated heterocycles. The third-order valence-electron chi connectivity index (χ3n) is 2.92. The highest BCUT2D eigenvalue weighted by Gasteiger charge is 2.10. The van der Waals surface area contributed by atoms with Gasteiger partial charge in [-0.15, -0.1) is 22.7 Å². The number of nitrogens with one attached hydrogen (secondary N) is 2. The predicted octanol–water partition coefficient (Wildman–Crippen LogP) is 4.26. The second-order valence-electron chi connectivity index (χ2n) is 4.20. The molecule has 0 bridgehead atoms. The van der Waals surface area contributed by atoms with E-state index in [0.29, 0.717) is 0 Å². The Morgan fingerprint density at radius 3 is 1.50 bits per heavy atom. The van der Waals surface area contributed by atoms with Gasteiger partial charge in [0.15, 0.2) is 0 Å². The fourth-order valence-electron chi connectivity index (χ4n) is 2.00. The summed E-state index contributed by atoms with van der Waals surface area (Å²) >= 11 is 3.48. The van der Waals surface area contributed by atoms with Gasteiger partial charge < -0.3 is 9.97 Å². The number of aromatic amines is 2. The zero-order valence-corrected chi connectivity index (χ0v) is 12.0. The van der Waals surface area contributed by atoms with Gasteiger partial charge in [-0.1, -0.05) is 0 Å². The number of imidazole rings is 2. The summed E-state index contributed by atoms with van der Waals surface area (Å²) in [6.45, 7) is 0. The predicted molar refractivity (Wildman–Crippen MR) is 82.8 cm³/mol. The number of hydrogen-bond donors (Lipinski definition) is 2. The average Bonchev–Trinajstić information content (AvgIpc) is 3.22. The van der Waals surface area contributed by atoms with Gasteiger partial charge in [-0.25, -0.2) is 9.97 Å². The molecular formula is C14H10N4S2. The Kier molecular flexibility index (Phi) is 2.75. The first kappa shape index (κ1) is 11.6. The lowest BCUT2D eigenvalue weighted by Crippen LogP contribution is -1.71. The zero-order chi connectivity index (χ0) is 13.4. The SMILES string of the molecule is c1c[nH]c(-c2ccc(-c3ccc(-c4ncc[nH]4)s3)s2)n1. The van der Waals surface area contributed by atoms with Crippen LogP contribution in [0.1, 0.15) is 0 Å². The van der Waals surface area contributed by atoms with Crippen LogP contribution in [0.3, 0.4) is 0 Å². The molecule has 4 rings (SSSR count). The Labute approximate surface area is 123 Å². The van der Waals surface area contributed by atoms with E-state index >= 15 is 0 Å². The summed E-state index contributed by atoms with van der Waals surface area (Å²) in [5.41, 5.74) is 0. The van der Waals surface area contributed by atoms with Gasteiger partial charge in [-0.3, -0.25) is 0 Å². The van der Waals surface area contributed by atoms with Crippen LogP contribution in [0.15, 0.2) is 49.1 Å². The number of rotatable bonds is 3. The fourth-order valence-corrected chi connectivity index (χ4v) is 4.02. The van der Waals surface area contributed by atoms with E-state index in [1.807, 2.05) is 12.4 Å². The first-order valence-corrected chi connectivity index (χ1v) is 7.73. The minimum Gasteiger partial charge on any atom is -0.344 e. The molecule has 0 saturated carbocycles. The summed E-state index contributed by atoms with van der Waals surface area (Å²) in [4.78, 5) is 19.6. The van der Waals surface area contributed by atoms with E-state index in [1.165, 1.54) is 9.75 Å². The molecule has 0 spiro atoms. The quantitative estimate of drug-likeness (QED) is 0.594. The second kappa shape index (κ2) is 4.73. The first-order valence-electron chi connectivity index (χ1n) is 6.10. The van der Waals surface area contributed by atoms with Crippen LogP contribution < -0.4 is 0 Å². The summed E-state index contributed by atoms with van der Waals surface area (Å²) in [5.74, 6) is 1.84. The molecule has 0 atom stereocenters. The van der Waals surface area contributed by atoms with Crippen LogP contribution in [0.25, 0.3) is 31.2 Å². The van der Waals surface area contributed by atoms with Gasteiger partial charge in [0.1, 0.15) is 11.6 Å². The lowest BCUT2D eigenvalue weighted by molar-refractivity contribution is 1.33. The van der Waals surface area contributed by atoms with Crippen LogP contribution in [0.4, 0.5) is 0 Å². The maximum absolute atomic E-state index is 4.28. The molecule has 4 aromatic heterocycles. The molecule has 2 N–H and O–H groups in total. The number of hydrogen-bond acceptors (Lipinski definition) is 4. The zero-order valence-electron chi connectivity index (χ0n) is 10.3. The highest BCUT2D eigenvalue weighted by Crippen LogP contribution is 2.38. The smallest absolute Gasteiger partial charge is 0.147 e. The molecule has 0 aliphatic rings. The van der Waals surface area contributed by atoms with Crippen molar-refractivity contribution in [1.82, 2.24) is 19.9 Å². The minimum atomic E-state index is 0.920. The van der Waals surface area contributed by atoms with E-state index in [1.54, 1.807) is 35.1 Å². The van der Waals surface area contributed by atoms with Gasteiger partial charge in [0.2, 0.25) is 0 Å². The number of aromatic nitrogens is 4.